The molecule has 0 aromatic rings. The molecule has 1 N–H and O–H groups in total. The summed E-state index contributed by atoms with van der Waals surface area (Å²) in [6.07, 6.45) is 11.8. The number of fused-ring (bicyclic) bond motifs is 5. The lowest BCUT2D eigenvalue weighted by molar-refractivity contribution is -0.0456. The summed E-state index contributed by atoms with van der Waals surface area (Å²) in [7, 11) is 0. The molecule has 1 aliphatic heterocycles. The van der Waals surface area contributed by atoms with Crippen LogP contribution >= 0.6 is 0 Å². The predicted molar refractivity (Wildman–Crippen MR) is 90.8 cm³/mol. The minimum atomic E-state index is 0.486. The number of hydrogen-bond donors (Lipinski definition) is 1. The molecule has 0 spiro atoms. The molecule has 22 heavy (non-hydrogen) atoms. The lowest BCUT2D eigenvalue weighted by Crippen LogP contribution is -2.53. The number of hydrogen-bond acceptors (Lipinski definition) is 2. The molecule has 4 aliphatic rings. The molecule has 3 saturated carbocycles. The van der Waals surface area contributed by atoms with Gasteiger partial charge in [-0.15, -0.1) is 0 Å². The quantitative estimate of drug-likeness (QED) is 0.842. The third-order valence-electron chi connectivity index (χ3n) is 7.99. The van der Waals surface area contributed by atoms with Crippen LogP contribution in [-0.4, -0.2) is 25.3 Å². The van der Waals surface area contributed by atoms with Gasteiger partial charge in [-0.1, -0.05) is 0 Å². The van der Waals surface area contributed by atoms with Crippen molar-refractivity contribution in [3.05, 3.63) is 0 Å². The van der Waals surface area contributed by atoms with E-state index >= 15 is 0 Å². The van der Waals surface area contributed by atoms with Gasteiger partial charge in [-0.05, 0) is 107 Å². The van der Waals surface area contributed by atoms with Crippen molar-refractivity contribution in [2.45, 2.75) is 70.8 Å². The van der Waals surface area contributed by atoms with Crippen LogP contribution in [0, 0.1) is 35.5 Å². The maximum absolute atomic E-state index is 5.72. The van der Waals surface area contributed by atoms with E-state index in [0.29, 0.717) is 5.54 Å². The van der Waals surface area contributed by atoms with E-state index in [0.717, 1.165) is 48.7 Å². The van der Waals surface area contributed by atoms with Crippen LogP contribution in [0.2, 0.25) is 0 Å². The zero-order chi connectivity index (χ0) is 15.2. The fourth-order valence-electron chi connectivity index (χ4n) is 6.97. The van der Waals surface area contributed by atoms with E-state index < -0.39 is 0 Å². The van der Waals surface area contributed by atoms with Gasteiger partial charge < -0.3 is 10.1 Å². The van der Waals surface area contributed by atoms with Gasteiger partial charge >= 0.3 is 0 Å². The molecule has 0 radical (unpaired) electrons. The maximum Gasteiger partial charge on any atom is 0.0494 e. The third-order valence-corrected chi connectivity index (χ3v) is 7.99. The molecule has 0 amide bonds. The van der Waals surface area contributed by atoms with Crippen molar-refractivity contribution in [2.24, 2.45) is 35.5 Å². The summed E-state index contributed by atoms with van der Waals surface area (Å²) in [6, 6.07) is 0. The Balaban J connectivity index is 1.43. The Morgan fingerprint density at radius 2 is 1.86 bits per heavy atom. The van der Waals surface area contributed by atoms with Crippen molar-refractivity contribution in [2.75, 3.05) is 19.8 Å². The summed E-state index contributed by atoms with van der Waals surface area (Å²) in [5.41, 5.74) is 0.486. The first-order valence-electron chi connectivity index (χ1n) is 10.0. The smallest absolute Gasteiger partial charge is 0.0494 e. The Bertz CT molecular complexity index is 397. The molecule has 7 unspecified atom stereocenters. The summed E-state index contributed by atoms with van der Waals surface area (Å²) < 4.78 is 5.72. The Hall–Kier alpha value is -0.0800. The highest BCUT2D eigenvalue weighted by atomic mass is 16.5. The molecule has 3 aliphatic carbocycles. The number of ether oxygens (including phenoxy) is 1. The highest BCUT2D eigenvalue weighted by molar-refractivity contribution is 5.07. The van der Waals surface area contributed by atoms with Gasteiger partial charge in [0.15, 0.2) is 0 Å². The second kappa shape index (κ2) is 6.09. The average molecular weight is 306 g/mol. The van der Waals surface area contributed by atoms with Crippen molar-refractivity contribution in [1.29, 1.82) is 0 Å². The lowest BCUT2D eigenvalue weighted by atomic mass is 9.51. The molecule has 4 rings (SSSR count). The molecule has 1 heterocycles. The van der Waals surface area contributed by atoms with Gasteiger partial charge in [0, 0.05) is 18.8 Å². The Morgan fingerprint density at radius 3 is 2.73 bits per heavy atom. The fourth-order valence-corrected chi connectivity index (χ4v) is 6.97. The zero-order valence-electron chi connectivity index (χ0n) is 14.7. The minimum Gasteiger partial charge on any atom is -0.381 e. The predicted octanol–water partition coefficient (Wildman–Crippen LogP) is 4.24. The van der Waals surface area contributed by atoms with Crippen LogP contribution in [0.5, 0.6) is 0 Å². The summed E-state index contributed by atoms with van der Waals surface area (Å²) in [6.45, 7) is 7.84. The standard InChI is InChI=1S/C20H35NO/c1-3-22-13-14-4-6-16-15(12-14)5-7-18-17(16)8-10-20(2)19(18)9-11-21-20/h14-19,21H,3-13H2,1-2H3. The molecule has 0 bridgehead atoms. The molecular weight excluding hydrogens is 270 g/mol. The van der Waals surface area contributed by atoms with Gasteiger partial charge in [0.05, 0.1) is 0 Å². The third kappa shape index (κ3) is 2.55. The molecule has 1 saturated heterocycles. The summed E-state index contributed by atoms with van der Waals surface area (Å²) in [4.78, 5) is 0. The molecule has 126 valence electrons. The van der Waals surface area contributed by atoms with E-state index in [1.807, 2.05) is 0 Å². The Kier molecular flexibility index (Phi) is 4.28. The monoisotopic (exact) mass is 305 g/mol. The molecular formula is C20H35NO. The lowest BCUT2D eigenvalue weighted by Gasteiger charge is -2.55. The van der Waals surface area contributed by atoms with E-state index in [-0.39, 0.29) is 0 Å². The van der Waals surface area contributed by atoms with Gasteiger partial charge in [0.1, 0.15) is 0 Å². The fraction of sp³-hybridized carbons (Fsp3) is 1.00. The van der Waals surface area contributed by atoms with Crippen molar-refractivity contribution >= 4 is 0 Å². The largest absolute Gasteiger partial charge is 0.381 e. The number of nitrogens with one attached hydrogen (secondary N) is 1. The first-order valence-corrected chi connectivity index (χ1v) is 10.0. The Morgan fingerprint density at radius 1 is 1.00 bits per heavy atom. The highest BCUT2D eigenvalue weighted by Crippen LogP contribution is 2.57. The average Bonchev–Trinajstić information content (AvgIpc) is 2.94. The molecule has 2 nitrogen and oxygen atoms in total. The first kappa shape index (κ1) is 15.4. The van der Waals surface area contributed by atoms with E-state index in [1.54, 1.807) is 0 Å². The van der Waals surface area contributed by atoms with E-state index in [1.165, 1.54) is 57.9 Å². The van der Waals surface area contributed by atoms with Crippen molar-refractivity contribution in [3.8, 4) is 0 Å². The zero-order valence-corrected chi connectivity index (χ0v) is 14.7. The van der Waals surface area contributed by atoms with Crippen LogP contribution in [0.3, 0.4) is 0 Å². The summed E-state index contributed by atoms with van der Waals surface area (Å²) >= 11 is 0. The van der Waals surface area contributed by atoms with Gasteiger partial charge in [-0.25, -0.2) is 0 Å². The summed E-state index contributed by atoms with van der Waals surface area (Å²) in [5, 5.41) is 3.85. The highest BCUT2D eigenvalue weighted by Gasteiger charge is 2.53. The van der Waals surface area contributed by atoms with Gasteiger partial charge in [0.25, 0.3) is 0 Å². The molecule has 4 fully saturated rings. The van der Waals surface area contributed by atoms with Crippen molar-refractivity contribution < 1.29 is 4.74 Å². The van der Waals surface area contributed by atoms with Gasteiger partial charge in [-0.3, -0.25) is 0 Å². The van der Waals surface area contributed by atoms with Crippen LogP contribution in [0.1, 0.15) is 65.2 Å². The topological polar surface area (TPSA) is 21.3 Å². The van der Waals surface area contributed by atoms with Crippen LogP contribution in [0.25, 0.3) is 0 Å². The summed E-state index contributed by atoms with van der Waals surface area (Å²) in [5.74, 6) is 6.03. The molecule has 0 aromatic carbocycles. The van der Waals surface area contributed by atoms with Crippen LogP contribution in [-0.2, 0) is 4.74 Å². The van der Waals surface area contributed by atoms with E-state index in [4.69, 9.17) is 4.74 Å². The minimum absolute atomic E-state index is 0.486. The van der Waals surface area contributed by atoms with Crippen molar-refractivity contribution in [1.82, 2.24) is 5.32 Å². The molecule has 7 atom stereocenters. The normalized spacial score (nSPS) is 51.0. The second-order valence-electron chi connectivity index (χ2n) is 8.95. The second-order valence-corrected chi connectivity index (χ2v) is 8.95. The van der Waals surface area contributed by atoms with Crippen LogP contribution in [0.4, 0.5) is 0 Å². The van der Waals surface area contributed by atoms with E-state index in [2.05, 4.69) is 19.2 Å². The SMILES string of the molecule is CCOCC1CCC2C(CCC3C2CCC2(C)NCCC32)C1. The number of rotatable bonds is 3. The van der Waals surface area contributed by atoms with Gasteiger partial charge in [-0.2, -0.15) is 0 Å². The maximum atomic E-state index is 5.72. The first-order chi connectivity index (χ1) is 10.7. The molecule has 2 heteroatoms. The van der Waals surface area contributed by atoms with Crippen LogP contribution in [0.15, 0.2) is 0 Å². The van der Waals surface area contributed by atoms with Crippen LogP contribution < -0.4 is 5.32 Å². The Labute approximate surface area is 136 Å². The van der Waals surface area contributed by atoms with E-state index in [9.17, 15) is 0 Å². The molecule has 0 aromatic heterocycles. The van der Waals surface area contributed by atoms with Gasteiger partial charge in [0.2, 0.25) is 0 Å². The van der Waals surface area contributed by atoms with Crippen molar-refractivity contribution in [3.63, 3.8) is 0 Å².